The van der Waals surface area contributed by atoms with E-state index in [4.69, 9.17) is 9.84 Å². The van der Waals surface area contributed by atoms with Crippen LogP contribution in [-0.2, 0) is 9.47 Å². The third-order valence-corrected chi connectivity index (χ3v) is 0.721. The van der Waals surface area contributed by atoms with Gasteiger partial charge in [-0.3, -0.25) is 0 Å². The molecule has 0 saturated carbocycles. The number of aliphatic hydroxyl groups excluding tert-OH is 1. The molecule has 9 heavy (non-hydrogen) atoms. The third kappa shape index (κ3) is 9.45. The molecule has 2 unspecified atom stereocenters. The number of ether oxygens (including phenoxy) is 2. The summed E-state index contributed by atoms with van der Waals surface area (Å²) in [4.78, 5) is 0. The van der Waals surface area contributed by atoms with Crippen LogP contribution in [0.1, 0.15) is 16.7 Å². The second-order valence-corrected chi connectivity index (χ2v) is 1.54. The molecule has 0 heterocycles. The second-order valence-electron chi connectivity index (χ2n) is 1.54. The van der Waals surface area contributed by atoms with Crippen molar-refractivity contribution in [1.82, 2.24) is 0 Å². The molecular weight excluding hydrogens is 245 g/mol. The van der Waals surface area contributed by atoms with Crippen LogP contribution in [0.3, 0.4) is 0 Å². The van der Waals surface area contributed by atoms with Crippen molar-refractivity contribution in [3.8, 4) is 0 Å². The summed E-state index contributed by atoms with van der Waals surface area (Å²) in [6.45, 7) is 3.25. The topological polar surface area (TPSA) is 38.7 Å². The zero-order valence-corrected chi connectivity index (χ0v) is 10.6. The minimum absolute atomic E-state index is 0. The van der Waals surface area contributed by atoms with Crippen LogP contribution in [-0.4, -0.2) is 73.7 Å². The number of hydrogen-bond donors (Lipinski definition) is 1. The summed E-state index contributed by atoms with van der Waals surface area (Å²) in [6, 6.07) is 0. The zero-order chi connectivity index (χ0) is 6.57. The molecule has 4 heteroatoms. The van der Waals surface area contributed by atoms with E-state index in [-0.39, 0.29) is 58.0 Å². The molecule has 0 saturated heterocycles. The van der Waals surface area contributed by atoms with Gasteiger partial charge in [0.25, 0.3) is 0 Å². The molecule has 0 aromatic rings. The third-order valence-electron chi connectivity index (χ3n) is 0.721. The Bertz CT molecular complexity index is 65.7. The van der Waals surface area contributed by atoms with Gasteiger partial charge in [-0.15, -0.1) is 0 Å². The van der Waals surface area contributed by atoms with Crippen LogP contribution in [0.5, 0.6) is 0 Å². The van der Waals surface area contributed by atoms with E-state index in [0.717, 1.165) is 0 Å². The van der Waals surface area contributed by atoms with E-state index in [9.17, 15) is 0 Å². The van der Waals surface area contributed by atoms with E-state index >= 15 is 0 Å². The van der Waals surface area contributed by atoms with E-state index in [1.807, 2.05) is 0 Å². The van der Waals surface area contributed by atoms with Gasteiger partial charge in [0.2, 0.25) is 0 Å². The van der Waals surface area contributed by atoms with E-state index in [1.54, 1.807) is 6.92 Å². The van der Waals surface area contributed by atoms with Gasteiger partial charge in [-0.25, -0.2) is 0 Å². The zero-order valence-electron chi connectivity index (χ0n) is 8.13. The number of hydrogen-bond acceptors (Lipinski definition) is 3. The Morgan fingerprint density at radius 2 is 1.89 bits per heavy atom. The van der Waals surface area contributed by atoms with Crippen molar-refractivity contribution in [1.29, 1.82) is 0 Å². The molecule has 0 aromatic carbocycles. The van der Waals surface area contributed by atoms with Gasteiger partial charge in [0, 0.05) is 7.11 Å². The van der Waals surface area contributed by atoms with Crippen molar-refractivity contribution in [3.63, 3.8) is 0 Å². The Balaban J connectivity index is -0.0000000817. The van der Waals surface area contributed by atoms with Crippen LogP contribution in [0, 0.1) is 0 Å². The second kappa shape index (κ2) is 7.56. The van der Waals surface area contributed by atoms with E-state index in [1.165, 1.54) is 14.0 Å². The number of rotatable bonds is 3. The minimum Gasteiger partial charge on any atom is -1.00 e. The van der Waals surface area contributed by atoms with Gasteiger partial charge in [0.15, 0.2) is 12.6 Å². The quantitative estimate of drug-likeness (QED) is 0.580. The summed E-state index contributed by atoms with van der Waals surface area (Å²) in [5.74, 6) is 0. The average Bonchev–Trinajstić information content (AvgIpc) is 1.65. The average molecular weight is 259 g/mol. The van der Waals surface area contributed by atoms with Crippen molar-refractivity contribution >= 4 is 48.9 Å². The first kappa shape index (κ1) is 13.1. The summed E-state index contributed by atoms with van der Waals surface area (Å²) >= 11 is 0. The van der Waals surface area contributed by atoms with Gasteiger partial charge < -0.3 is 17.4 Å². The first-order valence-electron chi connectivity index (χ1n) is 2.53. The molecule has 0 fully saturated rings. The number of aliphatic hydroxyl groups is 1. The molecule has 0 aliphatic heterocycles. The molecule has 0 spiro atoms. The molecule has 0 bridgehead atoms. The first-order chi connectivity index (χ1) is 3.66. The van der Waals surface area contributed by atoms with E-state index < -0.39 is 6.29 Å². The molecule has 1 N–H and O–H groups in total. The molecule has 3 nitrogen and oxygen atoms in total. The molecule has 0 aliphatic rings. The van der Waals surface area contributed by atoms with Crippen LogP contribution in [0.15, 0.2) is 0 Å². The Hall–Kier alpha value is 1.45. The summed E-state index contributed by atoms with van der Waals surface area (Å²) in [5.41, 5.74) is 0. The van der Waals surface area contributed by atoms with Crippen molar-refractivity contribution in [2.24, 2.45) is 0 Å². The van der Waals surface area contributed by atoms with Crippen LogP contribution in [0.25, 0.3) is 0 Å². The van der Waals surface area contributed by atoms with E-state index in [2.05, 4.69) is 4.74 Å². The predicted octanol–water partition coefficient (Wildman–Crippen LogP) is 0.178. The molecule has 0 aromatic heterocycles. The van der Waals surface area contributed by atoms with Crippen LogP contribution in [0.2, 0.25) is 0 Å². The predicted molar refractivity (Wildman–Crippen MR) is 37.2 cm³/mol. The fourth-order valence-corrected chi connectivity index (χ4v) is 0.333. The summed E-state index contributed by atoms with van der Waals surface area (Å²) < 4.78 is 9.41. The Kier molecular flexibility index (Phi) is 11.0. The minimum atomic E-state index is -0.745. The fraction of sp³-hybridized carbons (Fsp3) is 1.00. The van der Waals surface area contributed by atoms with Crippen LogP contribution in [0.4, 0.5) is 0 Å². The van der Waals surface area contributed by atoms with Crippen molar-refractivity contribution in [3.05, 3.63) is 0 Å². The van der Waals surface area contributed by atoms with Gasteiger partial charge in [-0.05, 0) is 13.8 Å². The van der Waals surface area contributed by atoms with Gasteiger partial charge in [-0.2, -0.15) is 0 Å². The molecule has 0 radical (unpaired) electrons. The standard InChI is InChI=1S/C5H12O3.Ba.2H/c1-4(6)8-5(2)7-3;;;/h4-6H,1-3H3;;;/q;+2;2*-1. The first-order valence-corrected chi connectivity index (χ1v) is 2.53. The van der Waals surface area contributed by atoms with Crippen LogP contribution < -0.4 is 0 Å². The normalized spacial score (nSPS) is 16.0. The van der Waals surface area contributed by atoms with Crippen molar-refractivity contribution < 1.29 is 17.4 Å². The summed E-state index contributed by atoms with van der Waals surface area (Å²) in [6.07, 6.45) is -1.07. The van der Waals surface area contributed by atoms with Crippen molar-refractivity contribution in [2.75, 3.05) is 7.11 Å². The van der Waals surface area contributed by atoms with Gasteiger partial charge in [-0.1, -0.05) is 0 Å². The Labute approximate surface area is 98.8 Å². The molecule has 54 valence electrons. The van der Waals surface area contributed by atoms with Gasteiger partial charge >= 0.3 is 48.9 Å². The molecule has 2 atom stereocenters. The van der Waals surface area contributed by atoms with E-state index in [0.29, 0.717) is 0 Å². The molecule has 0 amide bonds. The maximum absolute atomic E-state index is 8.55. The Morgan fingerprint density at radius 3 is 2.00 bits per heavy atom. The van der Waals surface area contributed by atoms with Crippen molar-refractivity contribution in [2.45, 2.75) is 26.4 Å². The largest absolute Gasteiger partial charge is 2.00 e. The monoisotopic (exact) mass is 260 g/mol. The maximum Gasteiger partial charge on any atom is 2.00 e. The molecule has 0 aliphatic carbocycles. The van der Waals surface area contributed by atoms with Gasteiger partial charge in [0.05, 0.1) is 0 Å². The fourth-order valence-electron chi connectivity index (χ4n) is 0.333. The molecular formula is C5H14BaO3. The Morgan fingerprint density at radius 1 is 1.44 bits per heavy atom. The summed E-state index contributed by atoms with van der Waals surface area (Å²) in [7, 11) is 1.52. The smallest absolute Gasteiger partial charge is 1.00 e. The number of methoxy groups -OCH3 is 1. The SMILES string of the molecule is COC(C)OC(C)O.[Ba+2].[H-].[H-]. The maximum atomic E-state index is 8.55. The summed E-state index contributed by atoms with van der Waals surface area (Å²) in [5, 5.41) is 8.55. The van der Waals surface area contributed by atoms with Gasteiger partial charge in [0.1, 0.15) is 0 Å². The van der Waals surface area contributed by atoms with Crippen LogP contribution >= 0.6 is 0 Å². The molecule has 0 rings (SSSR count).